The van der Waals surface area contributed by atoms with Crippen molar-refractivity contribution in [2.45, 2.75) is 51.7 Å². The molecule has 2 heterocycles. The number of halogens is 1. The van der Waals surface area contributed by atoms with Crippen LogP contribution in [0.15, 0.2) is 18.2 Å². The van der Waals surface area contributed by atoms with Crippen molar-refractivity contribution in [3.63, 3.8) is 0 Å². The summed E-state index contributed by atoms with van der Waals surface area (Å²) in [6.07, 6.45) is 2.28. The van der Waals surface area contributed by atoms with Crippen LogP contribution in [0.1, 0.15) is 51.1 Å². The Labute approximate surface area is 159 Å². The second-order valence-electron chi connectivity index (χ2n) is 7.81. The van der Waals surface area contributed by atoms with Gasteiger partial charge in [0, 0.05) is 30.9 Å². The molecule has 0 aromatic heterocycles. The molecule has 2 fully saturated rings. The molecule has 1 aromatic carbocycles. The largest absolute Gasteiger partial charge is 0.393 e. The molecule has 1 aromatic rings. The number of amides is 2. The third kappa shape index (κ3) is 4.08. The van der Waals surface area contributed by atoms with Crippen molar-refractivity contribution in [2.75, 3.05) is 24.5 Å². The topological polar surface area (TPSA) is 81.7 Å². The molecule has 2 aliphatic rings. The molecule has 0 radical (unpaired) electrons. The Kier molecular flexibility index (Phi) is 5.69. The van der Waals surface area contributed by atoms with Crippen LogP contribution in [0.3, 0.4) is 0 Å². The zero-order valence-corrected chi connectivity index (χ0v) is 15.9. The summed E-state index contributed by atoms with van der Waals surface area (Å²) in [6.45, 7) is 5.41. The summed E-state index contributed by atoms with van der Waals surface area (Å²) in [5.74, 6) is -0.965. The molecule has 7 heteroatoms. The number of piperidine rings is 2. The predicted octanol–water partition coefficient (Wildman–Crippen LogP) is 1.88. The Balaban J connectivity index is 1.79. The van der Waals surface area contributed by atoms with Gasteiger partial charge in [0.1, 0.15) is 11.2 Å². The number of carbonyl (C=O) groups is 2. The molecule has 2 amide bonds. The van der Waals surface area contributed by atoms with E-state index in [-0.39, 0.29) is 23.7 Å². The molecular formula is C20H28FN3O3. The van der Waals surface area contributed by atoms with Crippen LogP contribution in [-0.2, 0) is 9.59 Å². The number of nitrogens with zero attached hydrogens (tertiary/aromatic N) is 1. The summed E-state index contributed by atoms with van der Waals surface area (Å²) in [7, 11) is 0. The molecule has 0 saturated carbocycles. The zero-order chi connectivity index (χ0) is 19.6. The molecular weight excluding hydrogens is 349 g/mol. The van der Waals surface area contributed by atoms with E-state index < -0.39 is 11.5 Å². The molecule has 2 atom stereocenters. The standard InChI is InChI=1S/C20H28FN3O3/c1-13(23-19(27)20(2)8-3-9-22-18(20)26)16-12-14(21)4-5-17(16)24-10-6-15(25)7-11-24/h4-5,12-13,15,25H,3,6-11H2,1-2H3,(H,22,26)(H,23,27). The molecule has 27 heavy (non-hydrogen) atoms. The number of rotatable bonds is 4. The Morgan fingerprint density at radius 2 is 2.11 bits per heavy atom. The fourth-order valence-electron chi connectivity index (χ4n) is 3.87. The number of anilines is 1. The average molecular weight is 377 g/mol. The highest BCUT2D eigenvalue weighted by atomic mass is 19.1. The lowest BCUT2D eigenvalue weighted by Gasteiger charge is -2.35. The maximum atomic E-state index is 13.9. The highest BCUT2D eigenvalue weighted by Gasteiger charge is 2.43. The monoisotopic (exact) mass is 377 g/mol. The van der Waals surface area contributed by atoms with Gasteiger partial charge in [-0.15, -0.1) is 0 Å². The quantitative estimate of drug-likeness (QED) is 0.700. The van der Waals surface area contributed by atoms with Crippen molar-refractivity contribution < 1.29 is 19.1 Å². The van der Waals surface area contributed by atoms with Crippen molar-refractivity contribution in [3.05, 3.63) is 29.6 Å². The first-order valence-electron chi connectivity index (χ1n) is 9.63. The summed E-state index contributed by atoms with van der Waals surface area (Å²) in [5, 5.41) is 15.4. The number of hydrogen-bond donors (Lipinski definition) is 3. The molecule has 2 unspecified atom stereocenters. The minimum absolute atomic E-state index is 0.261. The van der Waals surface area contributed by atoms with Crippen molar-refractivity contribution in [3.8, 4) is 0 Å². The fraction of sp³-hybridized carbons (Fsp3) is 0.600. The smallest absolute Gasteiger partial charge is 0.235 e. The highest BCUT2D eigenvalue weighted by Crippen LogP contribution is 2.32. The minimum Gasteiger partial charge on any atom is -0.393 e. The Morgan fingerprint density at radius 1 is 1.41 bits per heavy atom. The molecule has 0 spiro atoms. The van der Waals surface area contributed by atoms with Crippen molar-refractivity contribution in [1.29, 1.82) is 0 Å². The van der Waals surface area contributed by atoms with Crippen molar-refractivity contribution in [2.24, 2.45) is 5.41 Å². The van der Waals surface area contributed by atoms with E-state index in [4.69, 9.17) is 0 Å². The molecule has 2 aliphatic heterocycles. The molecule has 3 rings (SSSR count). The van der Waals surface area contributed by atoms with Gasteiger partial charge in [0.15, 0.2) is 0 Å². The summed E-state index contributed by atoms with van der Waals surface area (Å²) < 4.78 is 13.9. The van der Waals surface area contributed by atoms with Crippen LogP contribution in [0, 0.1) is 11.2 Å². The summed E-state index contributed by atoms with van der Waals surface area (Å²) in [4.78, 5) is 27.1. The van der Waals surface area contributed by atoms with E-state index in [2.05, 4.69) is 15.5 Å². The summed E-state index contributed by atoms with van der Waals surface area (Å²) in [6, 6.07) is 4.13. The first-order chi connectivity index (χ1) is 12.8. The predicted molar refractivity (Wildman–Crippen MR) is 101 cm³/mol. The lowest BCUT2D eigenvalue weighted by atomic mass is 9.80. The van der Waals surface area contributed by atoms with E-state index in [1.165, 1.54) is 12.1 Å². The fourth-order valence-corrected chi connectivity index (χ4v) is 3.87. The van der Waals surface area contributed by atoms with Gasteiger partial charge in [-0.1, -0.05) is 0 Å². The summed E-state index contributed by atoms with van der Waals surface area (Å²) in [5.41, 5.74) is 0.434. The number of aliphatic hydroxyl groups excluding tert-OH is 1. The van der Waals surface area contributed by atoms with Crippen molar-refractivity contribution >= 4 is 17.5 Å². The number of aliphatic hydroxyl groups is 1. The number of hydrogen-bond acceptors (Lipinski definition) is 4. The third-order valence-corrected chi connectivity index (χ3v) is 5.75. The van der Waals surface area contributed by atoms with Gasteiger partial charge in [0.05, 0.1) is 12.1 Å². The first kappa shape index (κ1) is 19.6. The second kappa shape index (κ2) is 7.84. The number of nitrogens with one attached hydrogen (secondary N) is 2. The lowest BCUT2D eigenvalue weighted by molar-refractivity contribution is -0.145. The normalized spacial score (nSPS) is 25.0. The molecule has 0 bridgehead atoms. The van der Waals surface area contributed by atoms with E-state index in [1.54, 1.807) is 19.9 Å². The van der Waals surface area contributed by atoms with Crippen LogP contribution >= 0.6 is 0 Å². The zero-order valence-electron chi connectivity index (χ0n) is 15.9. The van der Waals surface area contributed by atoms with E-state index in [0.29, 0.717) is 44.5 Å². The van der Waals surface area contributed by atoms with Crippen LogP contribution in [0.25, 0.3) is 0 Å². The Bertz CT molecular complexity index is 718. The Hall–Kier alpha value is -2.15. The molecule has 0 aliphatic carbocycles. The van der Waals surface area contributed by atoms with Gasteiger partial charge in [-0.05, 0) is 57.7 Å². The van der Waals surface area contributed by atoms with Crippen molar-refractivity contribution in [1.82, 2.24) is 10.6 Å². The van der Waals surface area contributed by atoms with Gasteiger partial charge in [0.2, 0.25) is 11.8 Å². The van der Waals surface area contributed by atoms with E-state index >= 15 is 0 Å². The Morgan fingerprint density at radius 3 is 2.78 bits per heavy atom. The SMILES string of the molecule is CC(NC(=O)C1(C)CCCNC1=O)c1cc(F)ccc1N1CCC(O)CC1. The van der Waals surface area contributed by atoms with Crippen LogP contribution in [-0.4, -0.2) is 42.7 Å². The van der Waals surface area contributed by atoms with Crippen LogP contribution < -0.4 is 15.5 Å². The van der Waals surface area contributed by atoms with E-state index in [1.807, 2.05) is 0 Å². The van der Waals surface area contributed by atoms with Crippen LogP contribution in [0.2, 0.25) is 0 Å². The van der Waals surface area contributed by atoms with Gasteiger partial charge in [-0.2, -0.15) is 0 Å². The maximum Gasteiger partial charge on any atom is 0.235 e. The molecule has 6 nitrogen and oxygen atoms in total. The summed E-state index contributed by atoms with van der Waals surface area (Å²) >= 11 is 0. The number of benzene rings is 1. The second-order valence-corrected chi connectivity index (χ2v) is 7.81. The van der Waals surface area contributed by atoms with Crippen LogP contribution in [0.4, 0.5) is 10.1 Å². The molecule has 148 valence electrons. The minimum atomic E-state index is -1.10. The maximum absolute atomic E-state index is 13.9. The van der Waals surface area contributed by atoms with Crippen LogP contribution in [0.5, 0.6) is 0 Å². The number of carbonyl (C=O) groups excluding carboxylic acids is 2. The highest BCUT2D eigenvalue weighted by molar-refractivity contribution is 6.05. The third-order valence-electron chi connectivity index (χ3n) is 5.75. The van der Waals surface area contributed by atoms with Gasteiger partial charge in [-0.3, -0.25) is 9.59 Å². The molecule has 2 saturated heterocycles. The van der Waals surface area contributed by atoms with Gasteiger partial charge < -0.3 is 20.6 Å². The average Bonchev–Trinajstić information content (AvgIpc) is 2.65. The van der Waals surface area contributed by atoms with E-state index in [0.717, 1.165) is 12.1 Å². The van der Waals surface area contributed by atoms with Gasteiger partial charge >= 0.3 is 0 Å². The molecule has 3 N–H and O–H groups in total. The van der Waals surface area contributed by atoms with Gasteiger partial charge in [0.25, 0.3) is 0 Å². The van der Waals surface area contributed by atoms with Gasteiger partial charge in [-0.25, -0.2) is 4.39 Å². The lowest BCUT2D eigenvalue weighted by Crippen LogP contribution is -2.53. The van der Waals surface area contributed by atoms with E-state index in [9.17, 15) is 19.1 Å². The first-order valence-corrected chi connectivity index (χ1v) is 9.63.